The van der Waals surface area contributed by atoms with Gasteiger partial charge in [-0.05, 0) is 36.1 Å². The van der Waals surface area contributed by atoms with Gasteiger partial charge in [-0.2, -0.15) is 0 Å². The van der Waals surface area contributed by atoms with Crippen LogP contribution < -0.4 is 5.43 Å². The van der Waals surface area contributed by atoms with Gasteiger partial charge in [0.1, 0.15) is 0 Å². The summed E-state index contributed by atoms with van der Waals surface area (Å²) >= 11 is 3.50. The average Bonchev–Trinajstić information content (AvgIpc) is 2.47. The van der Waals surface area contributed by atoms with E-state index in [1.807, 2.05) is 19.1 Å². The third-order valence-electron chi connectivity index (χ3n) is 2.60. The minimum atomic E-state index is 0.494. The first-order valence-corrected chi connectivity index (χ1v) is 5.68. The molecule has 3 heteroatoms. The lowest BCUT2D eigenvalue weighted by Crippen LogP contribution is -2.33. The summed E-state index contributed by atoms with van der Waals surface area (Å²) in [4.78, 5) is 0. The highest BCUT2D eigenvalue weighted by molar-refractivity contribution is 9.10. The second-order valence-corrected chi connectivity index (χ2v) is 4.87. The van der Waals surface area contributed by atoms with Crippen molar-refractivity contribution in [2.24, 2.45) is 0 Å². The molecule has 1 aromatic rings. The molecule has 76 valence electrons. The van der Waals surface area contributed by atoms with Crippen molar-refractivity contribution in [1.29, 1.82) is 0 Å². The van der Waals surface area contributed by atoms with Gasteiger partial charge in [-0.15, -0.1) is 0 Å². The Morgan fingerprint density at radius 2 is 2.21 bits per heavy atom. The Morgan fingerprint density at radius 3 is 2.93 bits per heavy atom. The van der Waals surface area contributed by atoms with Gasteiger partial charge in [0, 0.05) is 24.6 Å². The molecule has 1 aliphatic rings. The zero-order valence-electron chi connectivity index (χ0n) is 8.55. The topological polar surface area (TPSA) is 15.3 Å². The Balaban J connectivity index is 2.22. The molecule has 1 atom stereocenters. The molecule has 2 nitrogen and oxygen atoms in total. The molecule has 1 aliphatic carbocycles. The first-order chi connectivity index (χ1) is 6.66. The van der Waals surface area contributed by atoms with Gasteiger partial charge < -0.3 is 0 Å². The molecule has 0 heterocycles. The molecule has 2 rings (SSSR count). The van der Waals surface area contributed by atoms with Crippen molar-refractivity contribution in [1.82, 2.24) is 10.4 Å². The Morgan fingerprint density at radius 1 is 1.43 bits per heavy atom. The van der Waals surface area contributed by atoms with E-state index < -0.39 is 0 Å². The van der Waals surface area contributed by atoms with Crippen LogP contribution >= 0.6 is 15.9 Å². The van der Waals surface area contributed by atoms with Crippen LogP contribution in [0.2, 0.25) is 0 Å². The number of hydrogen-bond acceptors (Lipinski definition) is 2. The first-order valence-electron chi connectivity index (χ1n) is 4.88. The lowest BCUT2D eigenvalue weighted by atomic mass is 10.1. The first kappa shape index (κ1) is 10.1. The number of benzene rings is 1. The normalized spacial score (nSPS) is 20.1. The van der Waals surface area contributed by atoms with Gasteiger partial charge >= 0.3 is 0 Å². The maximum absolute atomic E-state index is 3.50. The number of nitrogens with zero attached hydrogens (tertiary/aromatic N) is 1. The van der Waals surface area contributed by atoms with E-state index in [-0.39, 0.29) is 0 Å². The highest BCUT2D eigenvalue weighted by Gasteiger charge is 2.22. The van der Waals surface area contributed by atoms with E-state index in [1.165, 1.54) is 28.4 Å². The van der Waals surface area contributed by atoms with Crippen LogP contribution in [0.3, 0.4) is 0 Å². The van der Waals surface area contributed by atoms with Crippen molar-refractivity contribution >= 4 is 15.9 Å². The van der Waals surface area contributed by atoms with Gasteiger partial charge in [0.2, 0.25) is 0 Å². The Hall–Kier alpha value is -0.380. The van der Waals surface area contributed by atoms with Gasteiger partial charge in [0.05, 0.1) is 0 Å². The molecule has 0 aliphatic heterocycles. The van der Waals surface area contributed by atoms with Crippen LogP contribution in [0.1, 0.15) is 23.6 Å². The molecule has 1 unspecified atom stereocenters. The third kappa shape index (κ3) is 2.00. The van der Waals surface area contributed by atoms with Crippen LogP contribution in [0, 0.1) is 0 Å². The molecular weight excluding hydrogens is 240 g/mol. The predicted molar refractivity (Wildman–Crippen MR) is 62.0 cm³/mol. The summed E-state index contributed by atoms with van der Waals surface area (Å²) in [6.45, 7) is 0. The molecule has 0 saturated carbocycles. The van der Waals surface area contributed by atoms with Gasteiger partial charge in [-0.1, -0.05) is 22.0 Å². The molecule has 0 aromatic heterocycles. The van der Waals surface area contributed by atoms with Crippen LogP contribution in [0.5, 0.6) is 0 Å². The fourth-order valence-corrected chi connectivity index (χ4v) is 2.44. The number of rotatable bonds is 2. The van der Waals surface area contributed by atoms with E-state index in [2.05, 4.69) is 39.6 Å². The average molecular weight is 255 g/mol. The predicted octanol–water partition coefficient (Wildman–Crippen LogP) is 2.50. The van der Waals surface area contributed by atoms with E-state index in [0.29, 0.717) is 6.04 Å². The van der Waals surface area contributed by atoms with Crippen molar-refractivity contribution in [3.8, 4) is 0 Å². The van der Waals surface area contributed by atoms with Gasteiger partial charge in [-0.25, -0.2) is 5.43 Å². The molecule has 0 radical (unpaired) electrons. The molecule has 0 spiro atoms. The fourth-order valence-electron chi connectivity index (χ4n) is 2.03. The van der Waals surface area contributed by atoms with E-state index in [9.17, 15) is 0 Å². The molecule has 0 fully saturated rings. The molecule has 0 amide bonds. The quantitative estimate of drug-likeness (QED) is 0.817. The zero-order chi connectivity index (χ0) is 10.1. The molecule has 0 bridgehead atoms. The van der Waals surface area contributed by atoms with E-state index in [1.54, 1.807) is 0 Å². The van der Waals surface area contributed by atoms with Gasteiger partial charge in [0.25, 0.3) is 0 Å². The maximum Gasteiger partial charge on any atom is 0.0470 e. The largest absolute Gasteiger partial charge is 0.250 e. The van der Waals surface area contributed by atoms with Crippen LogP contribution in [-0.4, -0.2) is 19.1 Å². The van der Waals surface area contributed by atoms with Crippen LogP contribution in [0.15, 0.2) is 22.7 Å². The summed E-state index contributed by atoms with van der Waals surface area (Å²) in [6, 6.07) is 7.06. The summed E-state index contributed by atoms with van der Waals surface area (Å²) in [6.07, 6.45) is 2.38. The van der Waals surface area contributed by atoms with Crippen LogP contribution in [0.25, 0.3) is 0 Å². The Kier molecular flexibility index (Phi) is 2.91. The number of hydrazine groups is 1. The lowest BCUT2D eigenvalue weighted by Gasteiger charge is -2.19. The number of fused-ring (bicyclic) bond motifs is 1. The smallest absolute Gasteiger partial charge is 0.0470 e. The molecule has 14 heavy (non-hydrogen) atoms. The SMILES string of the molecule is CN(C)NC1CCc2cc(Br)ccc21. The Labute approximate surface area is 93.4 Å². The summed E-state index contributed by atoms with van der Waals surface area (Å²) in [5, 5.41) is 2.03. The van der Waals surface area contributed by atoms with Gasteiger partial charge in [-0.3, -0.25) is 5.01 Å². The molecular formula is C11H15BrN2. The fraction of sp³-hybridized carbons (Fsp3) is 0.455. The highest BCUT2D eigenvalue weighted by Crippen LogP contribution is 2.32. The zero-order valence-corrected chi connectivity index (χ0v) is 10.1. The monoisotopic (exact) mass is 254 g/mol. The molecule has 1 N–H and O–H groups in total. The number of halogens is 1. The van der Waals surface area contributed by atoms with Crippen molar-refractivity contribution in [2.75, 3.05) is 14.1 Å². The van der Waals surface area contributed by atoms with Crippen LogP contribution in [-0.2, 0) is 6.42 Å². The minimum absolute atomic E-state index is 0.494. The van der Waals surface area contributed by atoms with Crippen molar-refractivity contribution in [3.63, 3.8) is 0 Å². The molecule has 1 aromatic carbocycles. The second kappa shape index (κ2) is 4.01. The summed E-state index contributed by atoms with van der Waals surface area (Å²) in [7, 11) is 4.08. The number of nitrogens with one attached hydrogen (secondary N) is 1. The minimum Gasteiger partial charge on any atom is -0.250 e. The van der Waals surface area contributed by atoms with Crippen molar-refractivity contribution in [3.05, 3.63) is 33.8 Å². The van der Waals surface area contributed by atoms with Crippen LogP contribution in [0.4, 0.5) is 0 Å². The molecule has 0 saturated heterocycles. The summed E-state index contributed by atoms with van der Waals surface area (Å²) < 4.78 is 1.18. The van der Waals surface area contributed by atoms with E-state index >= 15 is 0 Å². The second-order valence-electron chi connectivity index (χ2n) is 3.96. The third-order valence-corrected chi connectivity index (χ3v) is 3.09. The van der Waals surface area contributed by atoms with Crippen molar-refractivity contribution in [2.45, 2.75) is 18.9 Å². The maximum atomic E-state index is 3.50. The Bertz CT molecular complexity index is 336. The van der Waals surface area contributed by atoms with E-state index in [4.69, 9.17) is 0 Å². The van der Waals surface area contributed by atoms with Gasteiger partial charge in [0.15, 0.2) is 0 Å². The summed E-state index contributed by atoms with van der Waals surface area (Å²) in [5.41, 5.74) is 6.35. The lowest BCUT2D eigenvalue weighted by molar-refractivity contribution is 0.242. The highest BCUT2D eigenvalue weighted by atomic mass is 79.9. The number of hydrogen-bond donors (Lipinski definition) is 1. The van der Waals surface area contributed by atoms with E-state index in [0.717, 1.165) is 0 Å². The standard InChI is InChI=1S/C11H15BrN2/c1-14(2)13-11-6-3-8-7-9(12)4-5-10(8)11/h4-5,7,11,13H,3,6H2,1-2H3. The summed E-state index contributed by atoms with van der Waals surface area (Å²) in [5.74, 6) is 0. The number of aryl methyl sites for hydroxylation is 1. The van der Waals surface area contributed by atoms with Crippen molar-refractivity contribution < 1.29 is 0 Å².